The minimum absolute atomic E-state index is 0. The van der Waals surface area contributed by atoms with Gasteiger partial charge in [0.1, 0.15) is 0 Å². The van der Waals surface area contributed by atoms with Crippen LogP contribution in [-0.2, 0) is 9.59 Å². The lowest BCUT2D eigenvalue weighted by Crippen LogP contribution is -2.54. The monoisotopic (exact) mass is 357 g/mol. The van der Waals surface area contributed by atoms with Crippen LogP contribution in [0.5, 0.6) is 0 Å². The van der Waals surface area contributed by atoms with E-state index in [1.54, 1.807) is 11.8 Å². The maximum atomic E-state index is 12.5. The highest BCUT2D eigenvalue weighted by molar-refractivity contribution is 8.00. The van der Waals surface area contributed by atoms with Crippen molar-refractivity contribution in [1.82, 2.24) is 10.2 Å². The van der Waals surface area contributed by atoms with Gasteiger partial charge in [0.2, 0.25) is 11.8 Å². The Morgan fingerprint density at radius 2 is 2.00 bits per heavy atom. The predicted molar refractivity (Wildman–Crippen MR) is 97.4 cm³/mol. The molecule has 0 saturated carbocycles. The van der Waals surface area contributed by atoms with Crippen molar-refractivity contribution in [3.05, 3.63) is 24.3 Å². The molecule has 1 unspecified atom stereocenters. The molecule has 2 rings (SSSR count). The second kappa shape index (κ2) is 9.15. The van der Waals surface area contributed by atoms with Gasteiger partial charge in [-0.2, -0.15) is 0 Å². The summed E-state index contributed by atoms with van der Waals surface area (Å²) in [7, 11) is 0. The first kappa shape index (κ1) is 19.8. The van der Waals surface area contributed by atoms with Crippen molar-refractivity contribution in [2.24, 2.45) is 0 Å². The number of thioether (sulfide) groups is 1. The van der Waals surface area contributed by atoms with Gasteiger partial charge in [0.25, 0.3) is 0 Å². The standard InChI is InChI=1S/C16H23N3O2S.ClH/c1-11-10-17-8-9-19(11)16(21)12(2)22-15-6-4-14(5-7-15)18-13(3)20;/h4-7,11-12,17H,8-10H2,1-3H3,(H,18,20);1H/t11-,12?;/m1./s1. The molecule has 2 N–H and O–H groups in total. The molecule has 23 heavy (non-hydrogen) atoms. The maximum absolute atomic E-state index is 12.5. The van der Waals surface area contributed by atoms with E-state index >= 15 is 0 Å². The minimum Gasteiger partial charge on any atom is -0.336 e. The highest BCUT2D eigenvalue weighted by atomic mass is 35.5. The molecule has 1 aliphatic rings. The second-order valence-electron chi connectivity index (χ2n) is 5.55. The van der Waals surface area contributed by atoms with Crippen LogP contribution in [0.25, 0.3) is 0 Å². The van der Waals surface area contributed by atoms with E-state index in [4.69, 9.17) is 0 Å². The SMILES string of the molecule is CC(=O)Nc1ccc(SC(C)C(=O)N2CCNC[C@H]2C)cc1.Cl. The molecule has 1 aliphatic heterocycles. The molecule has 7 heteroatoms. The van der Waals surface area contributed by atoms with Crippen LogP contribution in [0, 0.1) is 0 Å². The molecule has 1 saturated heterocycles. The molecule has 128 valence electrons. The van der Waals surface area contributed by atoms with Gasteiger partial charge >= 0.3 is 0 Å². The lowest BCUT2D eigenvalue weighted by atomic mass is 10.2. The number of carbonyl (C=O) groups excluding carboxylic acids is 2. The largest absolute Gasteiger partial charge is 0.336 e. The zero-order chi connectivity index (χ0) is 16.1. The van der Waals surface area contributed by atoms with Crippen molar-refractivity contribution in [2.45, 2.75) is 37.0 Å². The summed E-state index contributed by atoms with van der Waals surface area (Å²) in [4.78, 5) is 26.5. The average molecular weight is 358 g/mol. The van der Waals surface area contributed by atoms with Crippen molar-refractivity contribution in [1.29, 1.82) is 0 Å². The lowest BCUT2D eigenvalue weighted by molar-refractivity contribution is -0.133. The van der Waals surface area contributed by atoms with Gasteiger partial charge in [-0.15, -0.1) is 24.2 Å². The quantitative estimate of drug-likeness (QED) is 0.812. The molecule has 1 aromatic carbocycles. The van der Waals surface area contributed by atoms with Gasteiger partial charge in [-0.3, -0.25) is 9.59 Å². The van der Waals surface area contributed by atoms with Gasteiger partial charge in [-0.05, 0) is 38.1 Å². The molecule has 0 spiro atoms. The number of anilines is 1. The average Bonchev–Trinajstić information content (AvgIpc) is 2.48. The molecule has 1 aromatic rings. The Labute approximate surface area is 148 Å². The van der Waals surface area contributed by atoms with Gasteiger partial charge in [-0.1, -0.05) is 0 Å². The van der Waals surface area contributed by atoms with E-state index in [0.717, 1.165) is 30.2 Å². The molecule has 2 atom stereocenters. The van der Waals surface area contributed by atoms with Gasteiger partial charge in [0.05, 0.1) is 5.25 Å². The minimum atomic E-state index is -0.118. The topological polar surface area (TPSA) is 61.4 Å². The fourth-order valence-electron chi connectivity index (χ4n) is 2.48. The fourth-order valence-corrected chi connectivity index (χ4v) is 3.41. The summed E-state index contributed by atoms with van der Waals surface area (Å²) >= 11 is 1.55. The van der Waals surface area contributed by atoms with Gasteiger partial charge in [-0.25, -0.2) is 0 Å². The van der Waals surface area contributed by atoms with Crippen LogP contribution < -0.4 is 10.6 Å². The molecule has 5 nitrogen and oxygen atoms in total. The van der Waals surface area contributed by atoms with Gasteiger partial charge in [0.15, 0.2) is 0 Å². The van der Waals surface area contributed by atoms with Crippen LogP contribution in [0.1, 0.15) is 20.8 Å². The Morgan fingerprint density at radius 1 is 1.35 bits per heavy atom. The Balaban J connectivity index is 0.00000264. The molecule has 0 radical (unpaired) electrons. The van der Waals surface area contributed by atoms with Crippen LogP contribution >= 0.6 is 24.2 Å². The Kier molecular flexibility index (Phi) is 7.88. The van der Waals surface area contributed by atoms with Crippen LogP contribution in [0.15, 0.2) is 29.2 Å². The highest BCUT2D eigenvalue weighted by Crippen LogP contribution is 2.26. The van der Waals surface area contributed by atoms with E-state index in [1.165, 1.54) is 6.92 Å². The summed E-state index contributed by atoms with van der Waals surface area (Å²) in [5.41, 5.74) is 0.770. The van der Waals surface area contributed by atoms with E-state index in [2.05, 4.69) is 17.6 Å². The molecule has 0 bridgehead atoms. The number of nitrogens with zero attached hydrogens (tertiary/aromatic N) is 1. The normalized spacial score (nSPS) is 18.7. The third-order valence-corrected chi connectivity index (χ3v) is 4.72. The maximum Gasteiger partial charge on any atom is 0.236 e. The van der Waals surface area contributed by atoms with Crippen LogP contribution in [-0.4, -0.2) is 47.6 Å². The molecule has 0 aromatic heterocycles. The van der Waals surface area contributed by atoms with Crippen molar-refractivity contribution in [3.8, 4) is 0 Å². The first-order chi connectivity index (χ1) is 10.5. The number of rotatable bonds is 4. The van der Waals surface area contributed by atoms with E-state index in [1.807, 2.05) is 36.1 Å². The first-order valence-electron chi connectivity index (χ1n) is 7.53. The molecular formula is C16H24ClN3O2S. The van der Waals surface area contributed by atoms with E-state index < -0.39 is 0 Å². The van der Waals surface area contributed by atoms with Crippen molar-refractivity contribution < 1.29 is 9.59 Å². The lowest BCUT2D eigenvalue weighted by Gasteiger charge is -2.35. The number of hydrogen-bond acceptors (Lipinski definition) is 4. The van der Waals surface area contributed by atoms with Crippen molar-refractivity contribution >= 4 is 41.7 Å². The summed E-state index contributed by atoms with van der Waals surface area (Å²) in [5, 5.41) is 5.91. The molecule has 0 aliphatic carbocycles. The zero-order valence-corrected chi connectivity index (χ0v) is 15.3. The number of amides is 2. The highest BCUT2D eigenvalue weighted by Gasteiger charge is 2.27. The summed E-state index contributed by atoms with van der Waals surface area (Å²) in [6, 6.07) is 7.82. The molecule has 2 amide bonds. The van der Waals surface area contributed by atoms with E-state index in [-0.39, 0.29) is 35.5 Å². The molecule has 1 fully saturated rings. The Morgan fingerprint density at radius 3 is 2.57 bits per heavy atom. The van der Waals surface area contributed by atoms with Gasteiger partial charge < -0.3 is 15.5 Å². The summed E-state index contributed by atoms with van der Waals surface area (Å²) in [6.45, 7) is 7.99. The van der Waals surface area contributed by atoms with Crippen LogP contribution in [0.3, 0.4) is 0 Å². The summed E-state index contributed by atoms with van der Waals surface area (Å²) < 4.78 is 0. The Bertz CT molecular complexity index is 539. The third kappa shape index (κ3) is 5.71. The molecular weight excluding hydrogens is 334 g/mol. The second-order valence-corrected chi connectivity index (χ2v) is 6.96. The number of nitrogens with one attached hydrogen (secondary N) is 2. The number of hydrogen-bond donors (Lipinski definition) is 2. The molecule has 1 heterocycles. The number of piperazine rings is 1. The van der Waals surface area contributed by atoms with Crippen LogP contribution in [0.2, 0.25) is 0 Å². The summed E-state index contributed by atoms with van der Waals surface area (Å²) in [6.07, 6.45) is 0. The smallest absolute Gasteiger partial charge is 0.236 e. The zero-order valence-electron chi connectivity index (χ0n) is 13.7. The number of benzene rings is 1. The van der Waals surface area contributed by atoms with Crippen molar-refractivity contribution in [2.75, 3.05) is 25.0 Å². The van der Waals surface area contributed by atoms with Gasteiger partial charge in [0, 0.05) is 43.2 Å². The Hall–Kier alpha value is -1.24. The van der Waals surface area contributed by atoms with Crippen molar-refractivity contribution in [3.63, 3.8) is 0 Å². The van der Waals surface area contributed by atoms with Crippen LogP contribution in [0.4, 0.5) is 5.69 Å². The first-order valence-corrected chi connectivity index (χ1v) is 8.41. The van der Waals surface area contributed by atoms with E-state index in [9.17, 15) is 9.59 Å². The van der Waals surface area contributed by atoms with E-state index in [0.29, 0.717) is 0 Å². The summed E-state index contributed by atoms with van der Waals surface area (Å²) in [5.74, 6) is 0.0987. The fraction of sp³-hybridized carbons (Fsp3) is 0.500. The number of carbonyl (C=O) groups is 2. The third-order valence-electron chi connectivity index (χ3n) is 3.62. The predicted octanol–water partition coefficient (Wildman–Crippen LogP) is 2.37. The number of halogens is 1.